The molecule has 0 fully saturated rings. The Morgan fingerprint density at radius 1 is 0.323 bits per heavy atom. The summed E-state index contributed by atoms with van der Waals surface area (Å²) in [5.41, 5.74) is 12.0. The molecule has 11 rings (SSSR count). The van der Waals surface area contributed by atoms with Gasteiger partial charge >= 0.3 is 0 Å². The van der Waals surface area contributed by atoms with Crippen LogP contribution in [0.3, 0.4) is 0 Å². The van der Waals surface area contributed by atoms with E-state index in [-0.39, 0.29) is 5.41 Å². The highest BCUT2D eigenvalue weighted by molar-refractivity contribution is 6.89. The van der Waals surface area contributed by atoms with E-state index in [2.05, 4.69) is 257 Å². The first kappa shape index (κ1) is 41.0. The first-order chi connectivity index (χ1) is 31.2. The largest absolute Gasteiger partial charge is 0.310 e. The van der Waals surface area contributed by atoms with Gasteiger partial charge in [0.05, 0.1) is 16.1 Å². The number of anilines is 6. The highest BCUT2D eigenvalue weighted by Gasteiger charge is 2.35. The SMILES string of the molecule is CC1(C)c2cc(N(c3ccc([Si](C)(C)C)cc3)c3ccc4ccccc4c3)ccc2-c2cc3ccc(N(c4ccc([Si](C)(C)C)cc4)c4ccc5ccccc5c4)cc3c3cccc1c23. The van der Waals surface area contributed by atoms with Gasteiger partial charge in [-0.05, 0) is 144 Å². The van der Waals surface area contributed by atoms with Crippen molar-refractivity contribution in [2.24, 2.45) is 0 Å². The fraction of sp³-hybridized carbons (Fsp3) is 0.148. The minimum atomic E-state index is -1.48. The van der Waals surface area contributed by atoms with E-state index in [0.29, 0.717) is 0 Å². The summed E-state index contributed by atoms with van der Waals surface area (Å²) in [6.45, 7) is 19.4. The lowest BCUT2D eigenvalue weighted by Crippen LogP contribution is -2.37. The van der Waals surface area contributed by atoms with Crippen LogP contribution >= 0.6 is 0 Å². The summed E-state index contributed by atoms with van der Waals surface area (Å²) < 4.78 is 0. The molecule has 1 aliphatic carbocycles. The number of hydrogen-bond donors (Lipinski definition) is 0. The molecule has 0 atom stereocenters. The van der Waals surface area contributed by atoms with Crippen LogP contribution in [0.1, 0.15) is 25.0 Å². The van der Waals surface area contributed by atoms with Crippen molar-refractivity contribution in [3.63, 3.8) is 0 Å². The highest BCUT2D eigenvalue weighted by atomic mass is 28.3. The van der Waals surface area contributed by atoms with Gasteiger partial charge in [0.2, 0.25) is 0 Å². The summed E-state index contributed by atoms with van der Waals surface area (Å²) >= 11 is 0. The number of nitrogens with zero attached hydrogens (tertiary/aromatic N) is 2. The second kappa shape index (κ2) is 15.2. The predicted octanol–water partition coefficient (Wildman–Crippen LogP) is 16.6. The maximum absolute atomic E-state index is 2.47. The van der Waals surface area contributed by atoms with Crippen LogP contribution in [-0.2, 0) is 5.41 Å². The van der Waals surface area contributed by atoms with Crippen LogP contribution in [0.15, 0.2) is 194 Å². The second-order valence-corrected chi connectivity index (χ2v) is 30.9. The van der Waals surface area contributed by atoms with Gasteiger partial charge in [-0.25, -0.2) is 0 Å². The lowest BCUT2D eigenvalue weighted by Gasteiger charge is -2.37. The average molecular weight is 873 g/mol. The molecular weight excluding hydrogens is 817 g/mol. The Balaban J connectivity index is 1.07. The van der Waals surface area contributed by atoms with E-state index in [1.165, 1.54) is 92.8 Å². The third kappa shape index (κ3) is 7.07. The van der Waals surface area contributed by atoms with Gasteiger partial charge in [-0.15, -0.1) is 0 Å². The molecule has 0 N–H and O–H groups in total. The highest BCUT2D eigenvalue weighted by Crippen LogP contribution is 2.52. The van der Waals surface area contributed by atoms with Gasteiger partial charge in [0.25, 0.3) is 0 Å². The standard InChI is InChI=1S/C61H56N2Si2/c1-61(2)58-19-13-18-55-56-39-50(62(46-26-31-52(32-27-46)64(3,4)5)48-23-20-41-14-9-11-16-43(41)36-48)25-22-45(56)38-57(60(55)58)54-35-30-51(40-59(54)61)63(47-28-33-53(34-29-47)65(6,7)8)49-24-21-42-15-10-12-17-44(42)37-49/h9-40H,1-8H3. The fourth-order valence-electron chi connectivity index (χ4n) is 10.4. The Morgan fingerprint density at radius 2 is 0.769 bits per heavy atom. The van der Waals surface area contributed by atoms with Crippen LogP contribution in [0.5, 0.6) is 0 Å². The summed E-state index contributed by atoms with van der Waals surface area (Å²) in [6.07, 6.45) is 0. The first-order valence-corrected chi connectivity index (χ1v) is 30.2. The van der Waals surface area contributed by atoms with Crippen molar-refractivity contribution in [1.82, 2.24) is 0 Å². The minimum absolute atomic E-state index is 0.255. The normalized spacial score (nSPS) is 13.4. The van der Waals surface area contributed by atoms with Crippen molar-refractivity contribution in [3.8, 4) is 11.1 Å². The molecule has 0 amide bonds. The zero-order valence-corrected chi connectivity index (χ0v) is 40.9. The summed E-state index contributed by atoms with van der Waals surface area (Å²) in [4.78, 5) is 4.89. The Bertz CT molecular complexity index is 3480. The smallest absolute Gasteiger partial charge is 0.0775 e. The van der Waals surface area contributed by atoms with E-state index in [1.54, 1.807) is 0 Å². The first-order valence-electron chi connectivity index (χ1n) is 23.2. The molecule has 1 aliphatic rings. The molecule has 318 valence electrons. The number of fused-ring (bicyclic) bond motifs is 6. The van der Waals surface area contributed by atoms with Gasteiger partial charge in [0.15, 0.2) is 0 Å². The van der Waals surface area contributed by atoms with E-state index < -0.39 is 16.1 Å². The molecule has 0 spiro atoms. The molecular formula is C61H56N2Si2. The van der Waals surface area contributed by atoms with Crippen molar-refractivity contribution in [2.45, 2.75) is 58.5 Å². The molecule has 0 bridgehead atoms. The molecule has 0 aliphatic heterocycles. The minimum Gasteiger partial charge on any atom is -0.310 e. The summed E-state index contributed by atoms with van der Waals surface area (Å²) in [5.74, 6) is 0. The predicted molar refractivity (Wildman–Crippen MR) is 289 cm³/mol. The lowest BCUT2D eigenvalue weighted by molar-refractivity contribution is 0.645. The van der Waals surface area contributed by atoms with E-state index in [4.69, 9.17) is 0 Å². The molecule has 0 unspecified atom stereocenters. The average Bonchev–Trinajstić information content (AvgIpc) is 3.30. The van der Waals surface area contributed by atoms with Crippen molar-refractivity contribution in [2.75, 3.05) is 9.80 Å². The summed E-state index contributed by atoms with van der Waals surface area (Å²) in [5, 5.41) is 13.1. The van der Waals surface area contributed by atoms with E-state index >= 15 is 0 Å². The molecule has 2 nitrogen and oxygen atoms in total. The quantitative estimate of drug-likeness (QED) is 0.111. The molecule has 65 heavy (non-hydrogen) atoms. The third-order valence-electron chi connectivity index (χ3n) is 14.1. The molecule has 0 heterocycles. The molecule has 0 radical (unpaired) electrons. The van der Waals surface area contributed by atoms with Gasteiger partial charge in [0, 0.05) is 39.5 Å². The van der Waals surface area contributed by atoms with Crippen LogP contribution in [0.25, 0.3) is 54.2 Å². The van der Waals surface area contributed by atoms with Crippen LogP contribution in [0, 0.1) is 0 Å². The maximum Gasteiger partial charge on any atom is 0.0775 e. The van der Waals surface area contributed by atoms with E-state index in [9.17, 15) is 0 Å². The maximum atomic E-state index is 2.47. The van der Waals surface area contributed by atoms with E-state index in [0.717, 1.165) is 17.1 Å². The van der Waals surface area contributed by atoms with Crippen molar-refractivity contribution >= 4 is 104 Å². The fourth-order valence-corrected chi connectivity index (χ4v) is 12.7. The van der Waals surface area contributed by atoms with Crippen molar-refractivity contribution in [1.29, 1.82) is 0 Å². The van der Waals surface area contributed by atoms with Gasteiger partial charge in [0.1, 0.15) is 0 Å². The van der Waals surface area contributed by atoms with Gasteiger partial charge in [-0.1, -0.05) is 179 Å². The lowest BCUT2D eigenvalue weighted by atomic mass is 9.68. The number of hydrogen-bond acceptors (Lipinski definition) is 2. The Morgan fingerprint density at radius 3 is 1.29 bits per heavy atom. The Labute approximate surface area is 386 Å². The zero-order chi connectivity index (χ0) is 44.8. The van der Waals surface area contributed by atoms with Crippen LogP contribution in [-0.4, -0.2) is 16.1 Å². The van der Waals surface area contributed by atoms with Crippen LogP contribution < -0.4 is 20.2 Å². The van der Waals surface area contributed by atoms with Gasteiger partial charge < -0.3 is 9.80 Å². The Kier molecular flexibility index (Phi) is 9.58. The van der Waals surface area contributed by atoms with Gasteiger partial charge in [-0.2, -0.15) is 0 Å². The molecule has 10 aromatic carbocycles. The zero-order valence-electron chi connectivity index (χ0n) is 38.9. The van der Waals surface area contributed by atoms with Crippen molar-refractivity contribution < 1.29 is 0 Å². The molecule has 0 saturated heterocycles. The third-order valence-corrected chi connectivity index (χ3v) is 18.2. The Hall–Kier alpha value is -6.73. The number of benzene rings is 10. The van der Waals surface area contributed by atoms with Crippen LogP contribution in [0.4, 0.5) is 34.1 Å². The summed E-state index contributed by atoms with van der Waals surface area (Å²) in [7, 11) is -2.95. The van der Waals surface area contributed by atoms with Crippen molar-refractivity contribution in [3.05, 3.63) is 205 Å². The van der Waals surface area contributed by atoms with Crippen LogP contribution in [0.2, 0.25) is 39.3 Å². The molecule has 0 saturated carbocycles. The topological polar surface area (TPSA) is 6.48 Å². The molecule has 10 aromatic rings. The summed E-state index contributed by atoms with van der Waals surface area (Å²) in [6, 6.07) is 73.6. The molecule has 0 aromatic heterocycles. The second-order valence-electron chi connectivity index (χ2n) is 20.7. The number of rotatable bonds is 8. The molecule has 4 heteroatoms. The van der Waals surface area contributed by atoms with Gasteiger partial charge in [-0.3, -0.25) is 0 Å². The monoisotopic (exact) mass is 872 g/mol. The van der Waals surface area contributed by atoms with E-state index in [1.807, 2.05) is 0 Å².